The number of halogens is 3. The fourth-order valence-electron chi connectivity index (χ4n) is 2.41. The van der Waals surface area contributed by atoms with Gasteiger partial charge in [-0.15, -0.1) is 0 Å². The van der Waals surface area contributed by atoms with E-state index in [0.717, 1.165) is 3.57 Å². The summed E-state index contributed by atoms with van der Waals surface area (Å²) in [6.07, 6.45) is 1.34. The Balaban J connectivity index is 1.53. The number of carbonyl (C=O) groups excluding carboxylic acids is 3. The lowest BCUT2D eigenvalue weighted by molar-refractivity contribution is -0.136. The molecule has 0 atom stereocenters. The first-order valence-corrected chi connectivity index (χ1v) is 10.8. The number of nitrogens with one attached hydrogen (secondary N) is 2. The fourth-order valence-corrected chi connectivity index (χ4v) is 3.36. The van der Waals surface area contributed by atoms with Crippen molar-refractivity contribution in [2.75, 3.05) is 5.32 Å². The molecule has 0 radical (unpaired) electrons. The first kappa shape index (κ1) is 23.7. The maximum Gasteiger partial charge on any atom is 0.344 e. The summed E-state index contributed by atoms with van der Waals surface area (Å²) in [6.45, 7) is 0. The maximum absolute atomic E-state index is 12.2. The van der Waals surface area contributed by atoms with Crippen molar-refractivity contribution in [3.63, 3.8) is 0 Å². The number of nitrogens with zero attached hydrogens (tertiary/aromatic N) is 1. The molecule has 2 amide bonds. The van der Waals surface area contributed by atoms with Gasteiger partial charge in [-0.25, -0.2) is 10.2 Å². The highest BCUT2D eigenvalue weighted by atomic mass is 127. The largest absolute Gasteiger partial charge is 0.423 e. The molecule has 0 heterocycles. The SMILES string of the molecule is O=C(N/N=C/c1ccc(OC(=O)c2ccccc2I)cc1)C(=O)Nc1cccc(Cl)c1Cl. The number of hydrazone groups is 1. The van der Waals surface area contributed by atoms with Crippen molar-refractivity contribution in [3.05, 3.63) is 91.5 Å². The van der Waals surface area contributed by atoms with E-state index in [0.29, 0.717) is 16.9 Å². The summed E-state index contributed by atoms with van der Waals surface area (Å²) in [5.41, 5.74) is 3.40. The summed E-state index contributed by atoms with van der Waals surface area (Å²) >= 11 is 13.9. The first-order chi connectivity index (χ1) is 15.3. The molecule has 10 heteroatoms. The molecule has 0 unspecified atom stereocenters. The molecule has 3 aromatic carbocycles. The van der Waals surface area contributed by atoms with Crippen molar-refractivity contribution in [2.24, 2.45) is 5.10 Å². The van der Waals surface area contributed by atoms with Gasteiger partial charge < -0.3 is 10.1 Å². The minimum Gasteiger partial charge on any atom is -0.423 e. The van der Waals surface area contributed by atoms with Crippen LogP contribution in [0.25, 0.3) is 0 Å². The lowest BCUT2D eigenvalue weighted by atomic mass is 10.2. The van der Waals surface area contributed by atoms with E-state index in [2.05, 4.69) is 38.4 Å². The molecule has 162 valence electrons. The minimum atomic E-state index is -0.986. The average molecular weight is 582 g/mol. The molecular formula is C22H14Cl2IN3O4. The van der Waals surface area contributed by atoms with Crippen molar-refractivity contribution in [2.45, 2.75) is 0 Å². The van der Waals surface area contributed by atoms with Crippen LogP contribution in [0.5, 0.6) is 5.75 Å². The highest BCUT2D eigenvalue weighted by molar-refractivity contribution is 14.1. The summed E-state index contributed by atoms with van der Waals surface area (Å²) in [5.74, 6) is -2.05. The van der Waals surface area contributed by atoms with Crippen LogP contribution in [-0.4, -0.2) is 24.0 Å². The third kappa shape index (κ3) is 6.28. The average Bonchev–Trinajstić information content (AvgIpc) is 2.78. The number of rotatable bonds is 5. The number of esters is 1. The number of carbonyl (C=O) groups is 3. The molecule has 0 fully saturated rings. The van der Waals surface area contributed by atoms with E-state index in [-0.39, 0.29) is 15.7 Å². The summed E-state index contributed by atoms with van der Waals surface area (Å²) in [5, 5.41) is 6.47. The Labute approximate surface area is 206 Å². The van der Waals surface area contributed by atoms with Crippen LogP contribution in [0, 0.1) is 3.57 Å². The van der Waals surface area contributed by atoms with Crippen molar-refractivity contribution >= 4 is 75.5 Å². The second-order valence-corrected chi connectivity index (χ2v) is 8.14. The Bertz CT molecular complexity index is 1200. The van der Waals surface area contributed by atoms with E-state index >= 15 is 0 Å². The van der Waals surface area contributed by atoms with Gasteiger partial charge in [0, 0.05) is 3.57 Å². The molecule has 0 spiro atoms. The molecule has 7 nitrogen and oxygen atoms in total. The Hall–Kier alpha value is -2.95. The number of ether oxygens (including phenoxy) is 1. The molecule has 0 saturated heterocycles. The van der Waals surface area contributed by atoms with Crippen LogP contribution in [-0.2, 0) is 9.59 Å². The van der Waals surface area contributed by atoms with Gasteiger partial charge in [0.1, 0.15) is 5.75 Å². The second kappa shape index (κ2) is 11.1. The molecule has 0 aromatic heterocycles. The minimum absolute atomic E-state index is 0.126. The van der Waals surface area contributed by atoms with E-state index in [4.69, 9.17) is 27.9 Å². The third-order valence-corrected chi connectivity index (χ3v) is 5.73. The van der Waals surface area contributed by atoms with Crippen molar-refractivity contribution in [1.82, 2.24) is 5.43 Å². The zero-order chi connectivity index (χ0) is 23.1. The van der Waals surface area contributed by atoms with Crippen LogP contribution in [0.1, 0.15) is 15.9 Å². The molecule has 0 aliphatic heterocycles. The van der Waals surface area contributed by atoms with Gasteiger partial charge >= 0.3 is 17.8 Å². The quantitative estimate of drug-likeness (QED) is 0.112. The van der Waals surface area contributed by atoms with Gasteiger partial charge in [-0.2, -0.15) is 5.10 Å². The molecule has 0 bridgehead atoms. The smallest absolute Gasteiger partial charge is 0.344 e. The summed E-state index contributed by atoms with van der Waals surface area (Å²) < 4.78 is 6.14. The van der Waals surface area contributed by atoms with Gasteiger partial charge in [0.05, 0.1) is 27.5 Å². The fraction of sp³-hybridized carbons (Fsp3) is 0. The molecule has 2 N–H and O–H groups in total. The lowest BCUT2D eigenvalue weighted by Gasteiger charge is -2.07. The van der Waals surface area contributed by atoms with Gasteiger partial charge in [-0.1, -0.05) is 41.4 Å². The molecule has 3 aromatic rings. The standard InChI is InChI=1S/C22H14Cl2IN3O4/c23-16-5-3-7-18(19(16)24)27-20(29)21(30)28-26-12-13-8-10-14(11-9-13)32-22(31)15-4-1-2-6-17(15)25/h1-12H,(H,27,29)(H,28,30)/b26-12+. The van der Waals surface area contributed by atoms with Crippen molar-refractivity contribution in [3.8, 4) is 5.75 Å². The topological polar surface area (TPSA) is 96.9 Å². The maximum atomic E-state index is 12.2. The van der Waals surface area contributed by atoms with Crippen LogP contribution in [0.15, 0.2) is 71.8 Å². The summed E-state index contributed by atoms with van der Waals surface area (Å²) in [6, 6.07) is 18.2. The molecule has 0 saturated carbocycles. The first-order valence-electron chi connectivity index (χ1n) is 9.00. The summed E-state index contributed by atoms with van der Waals surface area (Å²) in [4.78, 5) is 36.1. The number of hydrogen-bond acceptors (Lipinski definition) is 5. The molecular weight excluding hydrogens is 568 g/mol. The van der Waals surface area contributed by atoms with Crippen molar-refractivity contribution in [1.29, 1.82) is 0 Å². The number of hydrogen-bond donors (Lipinski definition) is 2. The van der Waals surface area contributed by atoms with Crippen LogP contribution in [0.4, 0.5) is 5.69 Å². The number of anilines is 1. The molecule has 0 aliphatic carbocycles. The van der Waals surface area contributed by atoms with Crippen LogP contribution in [0.3, 0.4) is 0 Å². The zero-order valence-corrected chi connectivity index (χ0v) is 19.8. The number of amides is 2. The Morgan fingerprint density at radius 3 is 2.34 bits per heavy atom. The third-order valence-electron chi connectivity index (χ3n) is 3.97. The monoisotopic (exact) mass is 581 g/mol. The van der Waals surface area contributed by atoms with E-state index in [9.17, 15) is 14.4 Å². The summed E-state index contributed by atoms with van der Waals surface area (Å²) in [7, 11) is 0. The predicted molar refractivity (Wildman–Crippen MR) is 131 cm³/mol. The molecule has 0 aliphatic rings. The normalized spacial score (nSPS) is 10.6. The van der Waals surface area contributed by atoms with Gasteiger partial charge in [0.15, 0.2) is 0 Å². The lowest BCUT2D eigenvalue weighted by Crippen LogP contribution is -2.32. The van der Waals surface area contributed by atoms with Crippen molar-refractivity contribution < 1.29 is 19.1 Å². The van der Waals surface area contributed by atoms with Gasteiger partial charge in [-0.05, 0) is 76.7 Å². The van der Waals surface area contributed by atoms with Gasteiger partial charge in [0.2, 0.25) is 0 Å². The molecule has 32 heavy (non-hydrogen) atoms. The van der Waals surface area contributed by atoms with Gasteiger partial charge in [0.25, 0.3) is 0 Å². The van der Waals surface area contributed by atoms with E-state index in [1.807, 2.05) is 12.1 Å². The highest BCUT2D eigenvalue weighted by Gasteiger charge is 2.15. The Morgan fingerprint density at radius 1 is 0.906 bits per heavy atom. The van der Waals surface area contributed by atoms with E-state index < -0.39 is 17.8 Å². The predicted octanol–water partition coefficient (Wildman–Crippen LogP) is 4.91. The van der Waals surface area contributed by atoms with Crippen LogP contribution < -0.4 is 15.5 Å². The Kier molecular flexibility index (Phi) is 8.20. The molecule has 3 rings (SSSR count). The van der Waals surface area contributed by atoms with Gasteiger partial charge in [-0.3, -0.25) is 9.59 Å². The Morgan fingerprint density at radius 2 is 1.62 bits per heavy atom. The zero-order valence-electron chi connectivity index (χ0n) is 16.1. The van der Waals surface area contributed by atoms with E-state index in [1.54, 1.807) is 48.5 Å². The van der Waals surface area contributed by atoms with Crippen LogP contribution in [0.2, 0.25) is 10.0 Å². The van der Waals surface area contributed by atoms with Crippen LogP contribution >= 0.6 is 45.8 Å². The number of benzene rings is 3. The second-order valence-electron chi connectivity index (χ2n) is 6.19. The van der Waals surface area contributed by atoms with E-state index in [1.165, 1.54) is 12.3 Å². The highest BCUT2D eigenvalue weighted by Crippen LogP contribution is 2.29.